The zero-order valence-corrected chi connectivity index (χ0v) is 12.7. The highest BCUT2D eigenvalue weighted by molar-refractivity contribution is 5.95. The van der Waals surface area contributed by atoms with Gasteiger partial charge >= 0.3 is 18.0 Å². The fourth-order valence-electron chi connectivity index (χ4n) is 1.66. The third-order valence-corrected chi connectivity index (χ3v) is 3.13. The lowest BCUT2D eigenvalue weighted by Gasteiger charge is -2.18. The zero-order valence-electron chi connectivity index (χ0n) is 12.7. The maximum atomic E-state index is 12.4. The fraction of sp³-hybridized carbons (Fsp3) is 0.286. The van der Waals surface area contributed by atoms with Crippen LogP contribution in [-0.2, 0) is 11.0 Å². The van der Waals surface area contributed by atoms with E-state index in [2.05, 4.69) is 20.0 Å². The van der Waals surface area contributed by atoms with Crippen LogP contribution in [-0.4, -0.2) is 44.4 Å². The molecule has 1 atom stereocenters. The van der Waals surface area contributed by atoms with Gasteiger partial charge in [0, 0.05) is 11.1 Å². The minimum atomic E-state index is -4.76. The summed E-state index contributed by atoms with van der Waals surface area (Å²) in [7, 11) is 0. The summed E-state index contributed by atoms with van der Waals surface area (Å²) in [6.45, 7) is 0.496. The van der Waals surface area contributed by atoms with E-state index >= 15 is 0 Å². The number of carboxylic acids is 1. The van der Waals surface area contributed by atoms with Gasteiger partial charge in [-0.2, -0.15) is 18.2 Å². The number of hydrogen-bond donors (Lipinski definition) is 3. The molecule has 1 aromatic carbocycles. The number of aliphatic hydroxyl groups is 1. The SMILES string of the molecule is CC(O)(CNC(=O)c1ccc(-c2noc(C(F)(F)F)n2)cc1)C(=O)O. The van der Waals surface area contributed by atoms with Crippen molar-refractivity contribution in [2.45, 2.75) is 18.7 Å². The van der Waals surface area contributed by atoms with E-state index in [-0.39, 0.29) is 17.0 Å². The summed E-state index contributed by atoms with van der Waals surface area (Å²) in [6.07, 6.45) is -4.76. The largest absolute Gasteiger partial charge is 0.479 e. The molecule has 0 bridgehead atoms. The molecule has 1 amide bonds. The number of benzene rings is 1. The molecule has 0 saturated heterocycles. The molecular formula is C14H12F3N3O5. The highest BCUT2D eigenvalue weighted by Crippen LogP contribution is 2.29. The van der Waals surface area contributed by atoms with Crippen molar-refractivity contribution >= 4 is 11.9 Å². The second-order valence-corrected chi connectivity index (χ2v) is 5.26. The third-order valence-electron chi connectivity index (χ3n) is 3.13. The summed E-state index contributed by atoms with van der Waals surface area (Å²) in [5.41, 5.74) is -1.84. The summed E-state index contributed by atoms with van der Waals surface area (Å²) >= 11 is 0. The summed E-state index contributed by atoms with van der Waals surface area (Å²) in [5, 5.41) is 23.7. The van der Waals surface area contributed by atoms with Crippen LogP contribution in [0.4, 0.5) is 13.2 Å². The topological polar surface area (TPSA) is 126 Å². The first-order valence-electron chi connectivity index (χ1n) is 6.76. The summed E-state index contributed by atoms with van der Waals surface area (Å²) in [5.74, 6) is -3.95. The van der Waals surface area contributed by atoms with Crippen molar-refractivity contribution < 1.29 is 37.5 Å². The van der Waals surface area contributed by atoms with Gasteiger partial charge in [-0.1, -0.05) is 17.3 Å². The van der Waals surface area contributed by atoms with E-state index in [4.69, 9.17) is 5.11 Å². The van der Waals surface area contributed by atoms with Crippen LogP contribution in [0.25, 0.3) is 11.4 Å². The molecule has 1 aromatic heterocycles. The molecule has 8 nitrogen and oxygen atoms in total. The maximum Gasteiger partial charge on any atom is 0.471 e. The summed E-state index contributed by atoms with van der Waals surface area (Å²) < 4.78 is 41.4. The van der Waals surface area contributed by atoms with Crippen molar-refractivity contribution in [3.05, 3.63) is 35.7 Å². The van der Waals surface area contributed by atoms with Gasteiger partial charge in [0.2, 0.25) is 5.82 Å². The molecular weight excluding hydrogens is 347 g/mol. The molecule has 0 aliphatic rings. The molecule has 1 heterocycles. The molecule has 0 fully saturated rings. The normalized spacial score (nSPS) is 14.0. The molecule has 134 valence electrons. The molecule has 1 unspecified atom stereocenters. The Hall–Kier alpha value is -2.95. The Bertz CT molecular complexity index is 784. The Morgan fingerprint density at radius 2 is 1.84 bits per heavy atom. The lowest BCUT2D eigenvalue weighted by atomic mass is 10.1. The number of carbonyl (C=O) groups is 2. The van der Waals surface area contributed by atoms with E-state index in [9.17, 15) is 27.9 Å². The van der Waals surface area contributed by atoms with Gasteiger partial charge in [0.15, 0.2) is 5.60 Å². The Kier molecular flexibility index (Phi) is 4.79. The third kappa shape index (κ3) is 4.32. The van der Waals surface area contributed by atoms with E-state index < -0.39 is 36.1 Å². The Labute approximate surface area is 138 Å². The van der Waals surface area contributed by atoms with E-state index in [1.54, 1.807) is 0 Å². The molecule has 2 aromatic rings. The molecule has 25 heavy (non-hydrogen) atoms. The van der Waals surface area contributed by atoms with Crippen LogP contribution in [0.1, 0.15) is 23.2 Å². The summed E-state index contributed by atoms with van der Waals surface area (Å²) in [4.78, 5) is 25.8. The minimum Gasteiger partial charge on any atom is -0.479 e. The Morgan fingerprint density at radius 1 is 1.24 bits per heavy atom. The Balaban J connectivity index is 2.08. The number of rotatable bonds is 5. The number of aliphatic carboxylic acids is 1. The van der Waals surface area contributed by atoms with Crippen molar-refractivity contribution in [2.24, 2.45) is 0 Å². The highest BCUT2D eigenvalue weighted by atomic mass is 19.4. The fourth-order valence-corrected chi connectivity index (χ4v) is 1.66. The van der Waals surface area contributed by atoms with Gasteiger partial charge in [-0.3, -0.25) is 4.79 Å². The first kappa shape index (κ1) is 18.4. The molecule has 0 aliphatic carbocycles. The van der Waals surface area contributed by atoms with Crippen LogP contribution in [0.2, 0.25) is 0 Å². The average molecular weight is 359 g/mol. The number of amides is 1. The van der Waals surface area contributed by atoms with Crippen LogP contribution in [0.3, 0.4) is 0 Å². The van der Waals surface area contributed by atoms with Gasteiger partial charge in [-0.05, 0) is 19.1 Å². The van der Waals surface area contributed by atoms with Crippen molar-refractivity contribution in [3.8, 4) is 11.4 Å². The van der Waals surface area contributed by atoms with E-state index in [0.717, 1.165) is 6.92 Å². The quantitative estimate of drug-likeness (QED) is 0.735. The number of hydrogen-bond acceptors (Lipinski definition) is 6. The van der Waals surface area contributed by atoms with Crippen LogP contribution in [0.15, 0.2) is 28.8 Å². The summed E-state index contributed by atoms with van der Waals surface area (Å²) in [6, 6.07) is 5.16. The van der Waals surface area contributed by atoms with Crippen molar-refractivity contribution in [2.75, 3.05) is 6.54 Å². The number of carboxylic acid groups (broad SMARTS) is 1. The van der Waals surface area contributed by atoms with Gasteiger partial charge in [-0.15, -0.1) is 0 Å². The number of halogens is 3. The second-order valence-electron chi connectivity index (χ2n) is 5.26. The number of nitrogens with one attached hydrogen (secondary N) is 1. The molecule has 0 aliphatic heterocycles. The maximum absolute atomic E-state index is 12.4. The van der Waals surface area contributed by atoms with Crippen molar-refractivity contribution in [1.82, 2.24) is 15.5 Å². The molecule has 0 spiro atoms. The first-order valence-corrected chi connectivity index (χ1v) is 6.76. The van der Waals surface area contributed by atoms with Crippen LogP contribution in [0.5, 0.6) is 0 Å². The number of carbonyl (C=O) groups excluding carboxylic acids is 1. The van der Waals surface area contributed by atoms with Gasteiger partial charge in [0.25, 0.3) is 5.91 Å². The molecule has 3 N–H and O–H groups in total. The first-order chi connectivity index (χ1) is 11.5. The lowest BCUT2D eigenvalue weighted by molar-refractivity contribution is -0.159. The second kappa shape index (κ2) is 6.51. The number of alkyl halides is 3. The van der Waals surface area contributed by atoms with E-state index in [0.29, 0.717) is 0 Å². The standard InChI is InChI=1S/C14H12F3N3O5/c1-13(24,12(22)23)6-18-10(21)8-4-2-7(3-5-8)9-19-11(25-20-9)14(15,16)17/h2-5,24H,6H2,1H3,(H,18,21)(H,22,23). The van der Waals surface area contributed by atoms with Crippen LogP contribution >= 0.6 is 0 Å². The zero-order chi connectivity index (χ0) is 18.8. The lowest BCUT2D eigenvalue weighted by Crippen LogP contribution is -2.46. The molecule has 0 radical (unpaired) electrons. The predicted octanol–water partition coefficient (Wildman–Crippen LogP) is 1.32. The van der Waals surface area contributed by atoms with Crippen LogP contribution < -0.4 is 5.32 Å². The molecule has 11 heteroatoms. The monoisotopic (exact) mass is 359 g/mol. The number of nitrogens with zero attached hydrogens (tertiary/aromatic N) is 2. The Morgan fingerprint density at radius 3 is 2.32 bits per heavy atom. The van der Waals surface area contributed by atoms with Gasteiger partial charge in [0.1, 0.15) is 0 Å². The van der Waals surface area contributed by atoms with Crippen molar-refractivity contribution in [1.29, 1.82) is 0 Å². The number of aromatic nitrogens is 2. The van der Waals surface area contributed by atoms with Crippen LogP contribution in [0, 0.1) is 0 Å². The van der Waals surface area contributed by atoms with E-state index in [1.165, 1.54) is 24.3 Å². The van der Waals surface area contributed by atoms with Gasteiger partial charge in [-0.25, -0.2) is 4.79 Å². The predicted molar refractivity (Wildman–Crippen MR) is 75.3 cm³/mol. The minimum absolute atomic E-state index is 0.101. The smallest absolute Gasteiger partial charge is 0.471 e. The van der Waals surface area contributed by atoms with Crippen molar-refractivity contribution in [3.63, 3.8) is 0 Å². The van der Waals surface area contributed by atoms with E-state index in [1.807, 2.05) is 0 Å². The molecule has 0 saturated carbocycles. The van der Waals surface area contributed by atoms with Gasteiger partial charge < -0.3 is 20.1 Å². The average Bonchev–Trinajstić information content (AvgIpc) is 3.03. The molecule has 2 rings (SSSR count). The van der Waals surface area contributed by atoms with Gasteiger partial charge in [0.05, 0.1) is 6.54 Å². The highest BCUT2D eigenvalue weighted by Gasteiger charge is 2.38.